The molecule has 0 aliphatic carbocycles. The lowest BCUT2D eigenvalue weighted by atomic mass is 9.88. The number of benzene rings is 1. The molecule has 0 saturated heterocycles. The van der Waals surface area contributed by atoms with Gasteiger partial charge in [-0.15, -0.1) is 0 Å². The van der Waals surface area contributed by atoms with Crippen LogP contribution < -0.4 is 11.1 Å². The molecule has 0 heterocycles. The fourth-order valence-corrected chi connectivity index (χ4v) is 1.64. The van der Waals surface area contributed by atoms with Gasteiger partial charge in [0.05, 0.1) is 0 Å². The van der Waals surface area contributed by atoms with Crippen LogP contribution in [0.3, 0.4) is 0 Å². The highest BCUT2D eigenvalue weighted by molar-refractivity contribution is 7.80. The lowest BCUT2D eigenvalue weighted by molar-refractivity contribution is 0.359. The Labute approximate surface area is 114 Å². The van der Waals surface area contributed by atoms with E-state index in [1.54, 1.807) is 6.07 Å². The van der Waals surface area contributed by atoms with Crippen LogP contribution in [0, 0.1) is 5.41 Å². The number of hydrogen-bond acceptors (Lipinski definition) is 2. The van der Waals surface area contributed by atoms with Gasteiger partial charge in [0.15, 0.2) is 0 Å². The van der Waals surface area contributed by atoms with E-state index in [4.69, 9.17) is 29.6 Å². The van der Waals surface area contributed by atoms with Gasteiger partial charge in [-0.25, -0.2) is 0 Å². The van der Waals surface area contributed by atoms with E-state index in [1.165, 1.54) is 0 Å². The minimum absolute atomic E-state index is 0.160. The summed E-state index contributed by atoms with van der Waals surface area (Å²) in [7, 11) is 0. The fraction of sp³-hybridized carbons (Fsp3) is 0.462. The van der Waals surface area contributed by atoms with Gasteiger partial charge < -0.3 is 11.1 Å². The van der Waals surface area contributed by atoms with Gasteiger partial charge in [-0.1, -0.05) is 44.6 Å². The third-order valence-electron chi connectivity index (χ3n) is 2.92. The summed E-state index contributed by atoms with van der Waals surface area (Å²) in [6, 6.07) is 5.85. The van der Waals surface area contributed by atoms with E-state index >= 15 is 0 Å². The Kier molecular flexibility index (Phi) is 4.39. The monoisotopic (exact) mass is 270 g/mol. The first kappa shape index (κ1) is 14.3. The topological polar surface area (TPSA) is 38.0 Å². The number of nitrogens with one attached hydrogen (secondary N) is 1. The zero-order valence-corrected chi connectivity index (χ0v) is 12.2. The zero-order chi connectivity index (χ0) is 13.2. The molecule has 1 unspecified atom stereocenters. The minimum Gasteiger partial charge on any atom is -0.389 e. The van der Waals surface area contributed by atoms with Gasteiger partial charge in [-0.05, 0) is 30.5 Å². The Morgan fingerprint density at radius 3 is 2.47 bits per heavy atom. The third-order valence-corrected chi connectivity index (χ3v) is 3.37. The van der Waals surface area contributed by atoms with Gasteiger partial charge in [0.1, 0.15) is 4.99 Å². The van der Waals surface area contributed by atoms with Gasteiger partial charge in [-0.2, -0.15) is 0 Å². The van der Waals surface area contributed by atoms with Crippen LogP contribution >= 0.6 is 23.8 Å². The number of thiocarbonyl (C=S) groups is 1. The molecule has 0 fully saturated rings. The second-order valence-electron chi connectivity index (χ2n) is 5.29. The van der Waals surface area contributed by atoms with Crippen molar-refractivity contribution in [2.45, 2.75) is 33.7 Å². The van der Waals surface area contributed by atoms with Gasteiger partial charge in [-0.3, -0.25) is 0 Å². The Hall–Kier alpha value is -0.800. The summed E-state index contributed by atoms with van der Waals surface area (Å²) in [4.78, 5) is 0.358. The quantitative estimate of drug-likeness (QED) is 0.820. The van der Waals surface area contributed by atoms with Crippen molar-refractivity contribution in [1.82, 2.24) is 0 Å². The second-order valence-corrected chi connectivity index (χ2v) is 6.16. The molecular weight excluding hydrogens is 252 g/mol. The van der Waals surface area contributed by atoms with Crippen molar-refractivity contribution in [3.05, 3.63) is 28.8 Å². The van der Waals surface area contributed by atoms with E-state index < -0.39 is 0 Å². The first-order chi connectivity index (χ1) is 7.71. The molecule has 0 radical (unpaired) electrons. The molecule has 4 heteroatoms. The average Bonchev–Trinajstić information content (AvgIpc) is 2.18. The van der Waals surface area contributed by atoms with Crippen molar-refractivity contribution in [3.63, 3.8) is 0 Å². The summed E-state index contributed by atoms with van der Waals surface area (Å²) < 4.78 is 0. The molecule has 2 nitrogen and oxygen atoms in total. The zero-order valence-electron chi connectivity index (χ0n) is 10.7. The predicted molar refractivity (Wildman–Crippen MR) is 79.9 cm³/mol. The number of hydrogen-bond donors (Lipinski definition) is 2. The van der Waals surface area contributed by atoms with Crippen molar-refractivity contribution >= 4 is 34.5 Å². The molecule has 0 aromatic heterocycles. The SMILES string of the molecule is CC(Nc1ccc(Cl)cc1C(N)=S)C(C)(C)C. The number of anilines is 1. The predicted octanol–water partition coefficient (Wildman–Crippen LogP) is 3.82. The van der Waals surface area contributed by atoms with Crippen molar-refractivity contribution in [2.24, 2.45) is 11.1 Å². The first-order valence-corrected chi connectivity index (χ1v) is 6.36. The van der Waals surface area contributed by atoms with Gasteiger partial charge in [0.25, 0.3) is 0 Å². The average molecular weight is 271 g/mol. The van der Waals surface area contributed by atoms with Crippen LogP contribution in [0.1, 0.15) is 33.3 Å². The van der Waals surface area contributed by atoms with Crippen LogP contribution in [-0.4, -0.2) is 11.0 Å². The summed E-state index contributed by atoms with van der Waals surface area (Å²) in [5.74, 6) is 0. The highest BCUT2D eigenvalue weighted by atomic mass is 35.5. The van der Waals surface area contributed by atoms with E-state index in [2.05, 4.69) is 33.0 Å². The maximum atomic E-state index is 5.94. The normalized spacial score (nSPS) is 13.2. The van der Waals surface area contributed by atoms with Crippen molar-refractivity contribution in [3.8, 4) is 0 Å². The standard InChI is InChI=1S/C13H19ClN2S/c1-8(13(2,3)4)16-11-6-5-9(14)7-10(11)12(15)17/h5-8,16H,1-4H3,(H2,15,17). The summed E-state index contributed by atoms with van der Waals surface area (Å²) in [6.07, 6.45) is 0. The molecule has 0 spiro atoms. The Morgan fingerprint density at radius 1 is 1.41 bits per heavy atom. The van der Waals surface area contributed by atoms with Crippen LogP contribution in [0.5, 0.6) is 0 Å². The molecule has 0 aliphatic heterocycles. The molecule has 1 rings (SSSR count). The van der Waals surface area contributed by atoms with Crippen LogP contribution in [0.2, 0.25) is 5.02 Å². The van der Waals surface area contributed by atoms with Crippen LogP contribution in [0.25, 0.3) is 0 Å². The van der Waals surface area contributed by atoms with E-state index in [-0.39, 0.29) is 5.41 Å². The molecular formula is C13H19ClN2S. The highest BCUT2D eigenvalue weighted by Crippen LogP contribution is 2.26. The molecule has 1 atom stereocenters. The molecule has 0 saturated carbocycles. The van der Waals surface area contributed by atoms with Crippen molar-refractivity contribution in [2.75, 3.05) is 5.32 Å². The minimum atomic E-state index is 0.160. The third kappa shape index (κ3) is 3.86. The maximum absolute atomic E-state index is 5.94. The maximum Gasteiger partial charge on any atom is 0.106 e. The lowest BCUT2D eigenvalue weighted by Crippen LogP contribution is -2.31. The van der Waals surface area contributed by atoms with Crippen molar-refractivity contribution < 1.29 is 0 Å². The van der Waals surface area contributed by atoms with Gasteiger partial charge >= 0.3 is 0 Å². The number of rotatable bonds is 3. The molecule has 1 aromatic carbocycles. The second kappa shape index (κ2) is 5.23. The number of halogens is 1. The van der Waals surface area contributed by atoms with Crippen molar-refractivity contribution in [1.29, 1.82) is 0 Å². The first-order valence-electron chi connectivity index (χ1n) is 5.57. The Balaban J connectivity index is 3.03. The largest absolute Gasteiger partial charge is 0.389 e. The van der Waals surface area contributed by atoms with E-state index in [9.17, 15) is 0 Å². The molecule has 1 aromatic rings. The van der Waals surface area contributed by atoms with Gasteiger partial charge in [0.2, 0.25) is 0 Å². The van der Waals surface area contributed by atoms with Crippen LogP contribution in [0.15, 0.2) is 18.2 Å². The summed E-state index contributed by atoms with van der Waals surface area (Å²) in [5.41, 5.74) is 7.59. The van der Waals surface area contributed by atoms with Crippen LogP contribution in [0.4, 0.5) is 5.69 Å². The van der Waals surface area contributed by atoms with E-state index in [0.717, 1.165) is 11.3 Å². The molecule has 0 bridgehead atoms. The van der Waals surface area contributed by atoms with E-state index in [0.29, 0.717) is 16.1 Å². The highest BCUT2D eigenvalue weighted by Gasteiger charge is 2.20. The smallest absolute Gasteiger partial charge is 0.106 e. The molecule has 0 amide bonds. The lowest BCUT2D eigenvalue weighted by Gasteiger charge is -2.29. The Morgan fingerprint density at radius 2 is 2.00 bits per heavy atom. The fourth-order valence-electron chi connectivity index (χ4n) is 1.30. The van der Waals surface area contributed by atoms with Gasteiger partial charge in [0, 0.05) is 22.3 Å². The summed E-state index contributed by atoms with van der Waals surface area (Å²) in [5, 5.41) is 4.07. The Bertz CT molecular complexity index is 424. The summed E-state index contributed by atoms with van der Waals surface area (Å²) >= 11 is 11.0. The molecule has 3 N–H and O–H groups in total. The number of nitrogens with two attached hydrogens (primary N) is 1. The van der Waals surface area contributed by atoms with E-state index in [1.807, 2.05) is 12.1 Å². The molecule has 0 aliphatic rings. The summed E-state index contributed by atoms with van der Waals surface area (Å²) in [6.45, 7) is 8.68. The molecule has 94 valence electrons. The van der Waals surface area contributed by atoms with Crippen LogP contribution in [-0.2, 0) is 0 Å². The molecule has 17 heavy (non-hydrogen) atoms.